The summed E-state index contributed by atoms with van der Waals surface area (Å²) >= 11 is 1.37. The zero-order valence-corrected chi connectivity index (χ0v) is 16.7. The Hall–Kier alpha value is -1.96. The molecule has 6 nitrogen and oxygen atoms in total. The Balaban J connectivity index is 1.51. The maximum absolute atomic E-state index is 12.2. The van der Waals surface area contributed by atoms with Gasteiger partial charge in [0.15, 0.2) is 5.16 Å². The first-order valence-corrected chi connectivity index (χ1v) is 10.2. The third kappa shape index (κ3) is 6.30. The maximum Gasteiger partial charge on any atom is 0.230 e. The molecule has 1 aliphatic heterocycles. The Labute approximate surface area is 164 Å². The SMILES string of the molecule is Cc1cc(C)nc(SCC(=O)NCc2ccccc2CN2CCOCC2)n1. The second-order valence-corrected chi connectivity index (χ2v) is 7.60. The lowest BCUT2D eigenvalue weighted by Crippen LogP contribution is -2.36. The Morgan fingerprint density at radius 2 is 1.81 bits per heavy atom. The first kappa shape index (κ1) is 19.8. The molecule has 1 saturated heterocycles. The highest BCUT2D eigenvalue weighted by molar-refractivity contribution is 7.99. The molecular weight excluding hydrogens is 360 g/mol. The van der Waals surface area contributed by atoms with Crippen LogP contribution in [-0.4, -0.2) is 52.8 Å². The number of benzene rings is 1. The van der Waals surface area contributed by atoms with Crippen LogP contribution in [0.2, 0.25) is 0 Å². The average Bonchev–Trinajstić information content (AvgIpc) is 2.66. The molecule has 0 bridgehead atoms. The van der Waals surface area contributed by atoms with Crippen molar-refractivity contribution in [2.24, 2.45) is 0 Å². The fourth-order valence-corrected chi connectivity index (χ4v) is 3.80. The number of hydrogen-bond acceptors (Lipinski definition) is 6. The van der Waals surface area contributed by atoms with E-state index in [9.17, 15) is 4.79 Å². The van der Waals surface area contributed by atoms with Gasteiger partial charge in [0.05, 0.1) is 19.0 Å². The van der Waals surface area contributed by atoms with Crippen LogP contribution < -0.4 is 5.32 Å². The van der Waals surface area contributed by atoms with E-state index in [4.69, 9.17) is 4.74 Å². The molecule has 1 amide bonds. The monoisotopic (exact) mass is 386 g/mol. The summed E-state index contributed by atoms with van der Waals surface area (Å²) in [7, 11) is 0. The van der Waals surface area contributed by atoms with Gasteiger partial charge in [0.25, 0.3) is 0 Å². The van der Waals surface area contributed by atoms with Crippen LogP contribution in [0.15, 0.2) is 35.5 Å². The number of carbonyl (C=O) groups is 1. The van der Waals surface area contributed by atoms with Crippen LogP contribution in [0.1, 0.15) is 22.5 Å². The second-order valence-electron chi connectivity index (χ2n) is 6.66. The number of aromatic nitrogens is 2. The summed E-state index contributed by atoms with van der Waals surface area (Å²) in [6.07, 6.45) is 0. The second kappa shape index (κ2) is 9.82. The van der Waals surface area contributed by atoms with Gasteiger partial charge in [0.1, 0.15) is 0 Å². The number of thioether (sulfide) groups is 1. The van der Waals surface area contributed by atoms with Crippen molar-refractivity contribution in [1.29, 1.82) is 0 Å². The summed E-state index contributed by atoms with van der Waals surface area (Å²) in [6.45, 7) is 8.77. The zero-order chi connectivity index (χ0) is 19.1. The van der Waals surface area contributed by atoms with E-state index in [1.54, 1.807) is 0 Å². The summed E-state index contributed by atoms with van der Waals surface area (Å²) in [5.41, 5.74) is 4.25. The fraction of sp³-hybridized carbons (Fsp3) is 0.450. The predicted octanol–water partition coefficient (Wildman–Crippen LogP) is 2.33. The van der Waals surface area contributed by atoms with E-state index < -0.39 is 0 Å². The number of rotatable bonds is 7. The molecule has 0 atom stereocenters. The molecule has 0 spiro atoms. The fourth-order valence-electron chi connectivity index (χ4n) is 3.02. The molecule has 1 aromatic heterocycles. The van der Waals surface area contributed by atoms with Gasteiger partial charge in [0, 0.05) is 37.6 Å². The number of nitrogens with zero attached hydrogens (tertiary/aromatic N) is 3. The van der Waals surface area contributed by atoms with E-state index >= 15 is 0 Å². The quantitative estimate of drug-likeness (QED) is 0.582. The lowest BCUT2D eigenvalue weighted by molar-refractivity contribution is -0.118. The Morgan fingerprint density at radius 3 is 2.52 bits per heavy atom. The van der Waals surface area contributed by atoms with E-state index in [-0.39, 0.29) is 5.91 Å². The van der Waals surface area contributed by atoms with Gasteiger partial charge in [-0.25, -0.2) is 9.97 Å². The van der Waals surface area contributed by atoms with Crippen LogP contribution in [0.25, 0.3) is 0 Å². The third-order valence-corrected chi connectivity index (χ3v) is 5.23. The number of nitrogens with one attached hydrogen (secondary N) is 1. The highest BCUT2D eigenvalue weighted by atomic mass is 32.2. The van der Waals surface area contributed by atoms with Gasteiger partial charge >= 0.3 is 0 Å². The van der Waals surface area contributed by atoms with Gasteiger partial charge in [-0.1, -0.05) is 36.0 Å². The first-order valence-electron chi connectivity index (χ1n) is 9.19. The molecule has 1 N–H and O–H groups in total. The van der Waals surface area contributed by atoms with Crippen molar-refractivity contribution in [1.82, 2.24) is 20.2 Å². The molecule has 0 aliphatic carbocycles. The van der Waals surface area contributed by atoms with Crippen molar-refractivity contribution in [3.63, 3.8) is 0 Å². The summed E-state index contributed by atoms with van der Waals surface area (Å²) in [6, 6.07) is 10.2. The summed E-state index contributed by atoms with van der Waals surface area (Å²) < 4.78 is 5.41. The van der Waals surface area contributed by atoms with Crippen LogP contribution in [0.3, 0.4) is 0 Å². The van der Waals surface area contributed by atoms with Crippen molar-refractivity contribution < 1.29 is 9.53 Å². The van der Waals surface area contributed by atoms with E-state index in [2.05, 4.69) is 32.3 Å². The van der Waals surface area contributed by atoms with Crippen LogP contribution in [-0.2, 0) is 22.6 Å². The van der Waals surface area contributed by atoms with Gasteiger partial charge in [-0.2, -0.15) is 0 Å². The third-order valence-electron chi connectivity index (χ3n) is 4.39. The van der Waals surface area contributed by atoms with E-state index in [0.29, 0.717) is 17.5 Å². The van der Waals surface area contributed by atoms with Gasteiger partial charge in [0.2, 0.25) is 5.91 Å². The van der Waals surface area contributed by atoms with Crippen molar-refractivity contribution in [2.45, 2.75) is 32.1 Å². The molecule has 0 saturated carbocycles. The molecule has 7 heteroatoms. The van der Waals surface area contributed by atoms with Crippen LogP contribution in [0.5, 0.6) is 0 Å². The smallest absolute Gasteiger partial charge is 0.230 e. The van der Waals surface area contributed by atoms with Crippen molar-refractivity contribution >= 4 is 17.7 Å². The molecule has 1 aliphatic rings. The number of aryl methyl sites for hydroxylation is 2. The number of ether oxygens (including phenoxy) is 1. The Morgan fingerprint density at radius 1 is 1.15 bits per heavy atom. The molecule has 2 aromatic rings. The largest absolute Gasteiger partial charge is 0.379 e. The molecule has 3 rings (SSSR count). The van der Waals surface area contributed by atoms with Gasteiger partial charge in [-0.15, -0.1) is 0 Å². The highest BCUT2D eigenvalue weighted by Crippen LogP contribution is 2.15. The normalized spacial score (nSPS) is 14.9. The zero-order valence-electron chi connectivity index (χ0n) is 15.9. The molecule has 1 aromatic carbocycles. The number of hydrogen-bond donors (Lipinski definition) is 1. The number of carbonyl (C=O) groups excluding carboxylic acids is 1. The minimum Gasteiger partial charge on any atom is -0.379 e. The van der Waals surface area contributed by atoms with Crippen molar-refractivity contribution in [3.05, 3.63) is 52.8 Å². The topological polar surface area (TPSA) is 67.4 Å². The van der Waals surface area contributed by atoms with E-state index in [1.165, 1.54) is 17.3 Å². The molecule has 0 unspecified atom stereocenters. The van der Waals surface area contributed by atoms with E-state index in [0.717, 1.165) is 49.8 Å². The standard InChI is InChI=1S/C20H26N4O2S/c1-15-11-16(2)23-20(22-15)27-14-19(25)21-12-17-5-3-4-6-18(17)13-24-7-9-26-10-8-24/h3-6,11H,7-10,12-14H2,1-2H3,(H,21,25). The van der Waals surface area contributed by atoms with Gasteiger partial charge in [-0.05, 0) is 31.0 Å². The minimum atomic E-state index is -0.0102. The number of amides is 1. The van der Waals surface area contributed by atoms with Crippen molar-refractivity contribution in [2.75, 3.05) is 32.1 Å². The maximum atomic E-state index is 12.2. The molecule has 2 heterocycles. The number of morpholine rings is 1. The lowest BCUT2D eigenvalue weighted by atomic mass is 10.1. The lowest BCUT2D eigenvalue weighted by Gasteiger charge is -2.27. The molecular formula is C20H26N4O2S. The van der Waals surface area contributed by atoms with Crippen LogP contribution in [0, 0.1) is 13.8 Å². The van der Waals surface area contributed by atoms with Gasteiger partial charge < -0.3 is 10.1 Å². The minimum absolute atomic E-state index is 0.0102. The molecule has 27 heavy (non-hydrogen) atoms. The molecule has 144 valence electrons. The highest BCUT2D eigenvalue weighted by Gasteiger charge is 2.13. The predicted molar refractivity (Wildman–Crippen MR) is 107 cm³/mol. The Kier molecular flexibility index (Phi) is 7.20. The molecule has 1 fully saturated rings. The summed E-state index contributed by atoms with van der Waals surface area (Å²) in [5.74, 6) is 0.304. The first-order chi connectivity index (χ1) is 13.1. The van der Waals surface area contributed by atoms with Gasteiger partial charge in [-0.3, -0.25) is 9.69 Å². The summed E-state index contributed by atoms with van der Waals surface area (Å²) in [5, 5.41) is 3.67. The molecule has 0 radical (unpaired) electrons. The van der Waals surface area contributed by atoms with Crippen LogP contribution in [0.4, 0.5) is 0 Å². The van der Waals surface area contributed by atoms with Crippen LogP contribution >= 0.6 is 11.8 Å². The van der Waals surface area contributed by atoms with E-state index in [1.807, 2.05) is 32.0 Å². The Bertz CT molecular complexity index is 758. The summed E-state index contributed by atoms with van der Waals surface area (Å²) in [4.78, 5) is 23.4. The van der Waals surface area contributed by atoms with Crippen molar-refractivity contribution in [3.8, 4) is 0 Å². The average molecular weight is 387 g/mol.